The number of benzene rings is 1. The van der Waals surface area contributed by atoms with Crippen LogP contribution in [-0.2, 0) is 0 Å². The highest BCUT2D eigenvalue weighted by Gasteiger charge is 2.07. The van der Waals surface area contributed by atoms with Crippen LogP contribution >= 0.6 is 23.2 Å². The van der Waals surface area contributed by atoms with Gasteiger partial charge in [-0.15, -0.1) is 0 Å². The van der Waals surface area contributed by atoms with Gasteiger partial charge >= 0.3 is 0 Å². The Bertz CT molecular complexity index is 310. The van der Waals surface area contributed by atoms with E-state index in [2.05, 4.69) is 0 Å². The van der Waals surface area contributed by atoms with E-state index in [1.54, 1.807) is 6.07 Å². The van der Waals surface area contributed by atoms with Gasteiger partial charge in [0.1, 0.15) is 5.75 Å². The maximum absolute atomic E-state index is 10.4. The zero-order valence-corrected chi connectivity index (χ0v) is 7.82. The molecule has 4 heteroatoms. The number of hydrogen-bond donors (Lipinski definition) is 0. The number of methoxy groups -OCH3 is 1. The third-order valence-electron chi connectivity index (χ3n) is 1.38. The van der Waals surface area contributed by atoms with Crippen LogP contribution in [0.3, 0.4) is 0 Å². The first-order valence-electron chi connectivity index (χ1n) is 3.17. The van der Waals surface area contributed by atoms with Gasteiger partial charge in [-0.05, 0) is 6.07 Å². The van der Waals surface area contributed by atoms with Crippen LogP contribution in [0, 0.1) is 0 Å². The molecule has 0 aliphatic rings. The molecule has 0 fully saturated rings. The molecule has 0 saturated carbocycles. The molecule has 0 spiro atoms. The zero-order valence-electron chi connectivity index (χ0n) is 6.30. The summed E-state index contributed by atoms with van der Waals surface area (Å²) in [5.41, 5.74) is 0.334. The summed E-state index contributed by atoms with van der Waals surface area (Å²) in [4.78, 5) is 10.4. The Balaban J connectivity index is 3.31. The summed E-state index contributed by atoms with van der Waals surface area (Å²) in [7, 11) is 1.46. The van der Waals surface area contributed by atoms with Crippen LogP contribution in [0.5, 0.6) is 5.75 Å². The standard InChI is InChI=1S/C8H6Cl2O2/c1-12-7-3-6(9)2-5(4-11)8(7)10/h2-4H,1H3. The molecule has 64 valence electrons. The van der Waals surface area contributed by atoms with Crippen molar-refractivity contribution >= 4 is 29.5 Å². The maximum Gasteiger partial charge on any atom is 0.151 e. The van der Waals surface area contributed by atoms with Crippen molar-refractivity contribution in [3.8, 4) is 5.75 Å². The third kappa shape index (κ3) is 1.71. The van der Waals surface area contributed by atoms with E-state index in [1.807, 2.05) is 0 Å². The molecule has 0 N–H and O–H groups in total. The van der Waals surface area contributed by atoms with E-state index >= 15 is 0 Å². The highest BCUT2D eigenvalue weighted by atomic mass is 35.5. The predicted molar refractivity (Wildman–Crippen MR) is 48.4 cm³/mol. The largest absolute Gasteiger partial charge is 0.495 e. The van der Waals surface area contributed by atoms with Crippen molar-refractivity contribution in [2.45, 2.75) is 0 Å². The number of hydrogen-bond acceptors (Lipinski definition) is 2. The van der Waals surface area contributed by atoms with Crippen molar-refractivity contribution in [1.29, 1.82) is 0 Å². The van der Waals surface area contributed by atoms with Crippen molar-refractivity contribution in [2.24, 2.45) is 0 Å². The van der Waals surface area contributed by atoms with Crippen molar-refractivity contribution in [1.82, 2.24) is 0 Å². The van der Waals surface area contributed by atoms with Crippen molar-refractivity contribution < 1.29 is 9.53 Å². The van der Waals surface area contributed by atoms with Gasteiger partial charge in [0.2, 0.25) is 0 Å². The summed E-state index contributed by atoms with van der Waals surface area (Å²) in [6.07, 6.45) is 0.636. The average Bonchev–Trinajstić information content (AvgIpc) is 2.08. The molecule has 1 aromatic rings. The summed E-state index contributed by atoms with van der Waals surface area (Å²) in [6.45, 7) is 0. The minimum Gasteiger partial charge on any atom is -0.495 e. The van der Waals surface area contributed by atoms with E-state index in [0.717, 1.165) is 0 Å². The Kier molecular flexibility index (Phi) is 2.95. The maximum atomic E-state index is 10.4. The molecule has 0 aromatic heterocycles. The molecule has 0 radical (unpaired) electrons. The molecule has 0 bridgehead atoms. The van der Waals surface area contributed by atoms with Gasteiger partial charge < -0.3 is 4.74 Å². The van der Waals surface area contributed by atoms with Gasteiger partial charge in [0.15, 0.2) is 6.29 Å². The molecule has 2 nitrogen and oxygen atoms in total. The Hall–Kier alpha value is -0.730. The molecule has 1 rings (SSSR count). The highest BCUT2D eigenvalue weighted by Crippen LogP contribution is 2.30. The fourth-order valence-electron chi connectivity index (χ4n) is 0.819. The molecule has 0 heterocycles. The Morgan fingerprint density at radius 1 is 1.42 bits per heavy atom. The van der Waals surface area contributed by atoms with Crippen molar-refractivity contribution in [2.75, 3.05) is 7.11 Å². The van der Waals surface area contributed by atoms with E-state index in [-0.39, 0.29) is 5.02 Å². The summed E-state index contributed by atoms with van der Waals surface area (Å²) in [5.74, 6) is 0.409. The van der Waals surface area contributed by atoms with Gasteiger partial charge in [-0.2, -0.15) is 0 Å². The van der Waals surface area contributed by atoms with E-state index in [1.165, 1.54) is 13.2 Å². The lowest BCUT2D eigenvalue weighted by Crippen LogP contribution is -1.89. The fraction of sp³-hybridized carbons (Fsp3) is 0.125. The van der Waals surface area contributed by atoms with Gasteiger partial charge in [0.05, 0.1) is 12.1 Å². The fourth-order valence-corrected chi connectivity index (χ4v) is 1.27. The number of carbonyl (C=O) groups excluding carboxylic acids is 1. The Morgan fingerprint density at radius 2 is 2.08 bits per heavy atom. The zero-order chi connectivity index (χ0) is 9.14. The lowest BCUT2D eigenvalue weighted by Gasteiger charge is -2.04. The molecule has 0 aliphatic carbocycles. The normalized spacial score (nSPS) is 9.58. The molecule has 12 heavy (non-hydrogen) atoms. The summed E-state index contributed by atoms with van der Waals surface area (Å²) in [6, 6.07) is 3.04. The van der Waals surface area contributed by atoms with Crippen molar-refractivity contribution in [3.05, 3.63) is 27.7 Å². The quantitative estimate of drug-likeness (QED) is 0.694. The molecule has 0 unspecified atom stereocenters. The molecule has 0 aliphatic heterocycles. The van der Waals surface area contributed by atoms with Crippen LogP contribution in [0.4, 0.5) is 0 Å². The smallest absolute Gasteiger partial charge is 0.151 e. The second-order valence-electron chi connectivity index (χ2n) is 2.13. The minimum absolute atomic E-state index is 0.289. The van der Waals surface area contributed by atoms with Gasteiger partial charge in [0.25, 0.3) is 0 Å². The summed E-state index contributed by atoms with van der Waals surface area (Å²) < 4.78 is 4.89. The van der Waals surface area contributed by atoms with Gasteiger partial charge in [0, 0.05) is 16.7 Å². The SMILES string of the molecule is COc1cc(Cl)cc(C=O)c1Cl. The molecule has 0 amide bonds. The van der Waals surface area contributed by atoms with Gasteiger partial charge in [-0.25, -0.2) is 0 Å². The lowest BCUT2D eigenvalue weighted by molar-refractivity contribution is 0.112. The van der Waals surface area contributed by atoms with E-state index < -0.39 is 0 Å². The van der Waals surface area contributed by atoms with E-state index in [0.29, 0.717) is 22.6 Å². The van der Waals surface area contributed by atoms with Crippen LogP contribution in [-0.4, -0.2) is 13.4 Å². The molecular weight excluding hydrogens is 199 g/mol. The average molecular weight is 205 g/mol. The van der Waals surface area contributed by atoms with Crippen LogP contribution < -0.4 is 4.74 Å². The molecule has 0 atom stereocenters. The van der Waals surface area contributed by atoms with Crippen LogP contribution in [0.1, 0.15) is 10.4 Å². The minimum atomic E-state index is 0.289. The van der Waals surface area contributed by atoms with E-state index in [9.17, 15) is 4.79 Å². The van der Waals surface area contributed by atoms with E-state index in [4.69, 9.17) is 27.9 Å². The third-order valence-corrected chi connectivity index (χ3v) is 2.00. The number of aldehydes is 1. The Morgan fingerprint density at radius 3 is 2.58 bits per heavy atom. The van der Waals surface area contributed by atoms with Crippen LogP contribution in [0.2, 0.25) is 10.0 Å². The first kappa shape index (κ1) is 9.36. The van der Waals surface area contributed by atoms with Gasteiger partial charge in [-0.3, -0.25) is 4.79 Å². The monoisotopic (exact) mass is 204 g/mol. The first-order valence-corrected chi connectivity index (χ1v) is 3.93. The Labute approximate surface area is 80.0 Å². The number of carbonyl (C=O) groups is 1. The number of rotatable bonds is 2. The highest BCUT2D eigenvalue weighted by molar-refractivity contribution is 6.36. The summed E-state index contributed by atoms with van der Waals surface area (Å²) >= 11 is 11.4. The molecule has 1 aromatic carbocycles. The van der Waals surface area contributed by atoms with Crippen molar-refractivity contribution in [3.63, 3.8) is 0 Å². The number of ether oxygens (including phenoxy) is 1. The van der Waals surface area contributed by atoms with Crippen LogP contribution in [0.15, 0.2) is 12.1 Å². The van der Waals surface area contributed by atoms with Gasteiger partial charge in [-0.1, -0.05) is 23.2 Å². The summed E-state index contributed by atoms with van der Waals surface area (Å²) in [5, 5.41) is 0.718. The lowest BCUT2D eigenvalue weighted by atomic mass is 10.2. The first-order chi connectivity index (χ1) is 5.69. The topological polar surface area (TPSA) is 26.3 Å². The number of halogens is 2. The second kappa shape index (κ2) is 3.78. The predicted octanol–water partition coefficient (Wildman–Crippen LogP) is 2.81. The van der Waals surface area contributed by atoms with Crippen LogP contribution in [0.25, 0.3) is 0 Å². The molecular formula is C8H6Cl2O2. The molecule has 0 saturated heterocycles. The second-order valence-corrected chi connectivity index (χ2v) is 2.94.